The third-order valence-electron chi connectivity index (χ3n) is 9.58. The number of nitro benzene ring substituents is 1. The minimum Gasteiger partial charge on any atom is -0.376 e. The van der Waals surface area contributed by atoms with Gasteiger partial charge >= 0.3 is 0 Å². The number of nitrogens with one attached hydrogen (secondary N) is 1. The van der Waals surface area contributed by atoms with Gasteiger partial charge in [-0.05, 0) is 105 Å². The topological polar surface area (TPSA) is 78.7 Å². The van der Waals surface area contributed by atoms with E-state index in [1.807, 2.05) is 12.1 Å². The van der Waals surface area contributed by atoms with E-state index in [2.05, 4.69) is 17.1 Å². The minimum atomic E-state index is -0.360. The van der Waals surface area contributed by atoms with Crippen molar-refractivity contribution in [2.75, 3.05) is 36.4 Å². The highest BCUT2D eigenvalue weighted by Crippen LogP contribution is 2.61. The van der Waals surface area contributed by atoms with Crippen LogP contribution in [0.1, 0.15) is 55.8 Å². The predicted molar refractivity (Wildman–Crippen MR) is 141 cm³/mol. The van der Waals surface area contributed by atoms with E-state index in [0.29, 0.717) is 37.4 Å². The van der Waals surface area contributed by atoms with E-state index in [0.717, 1.165) is 23.4 Å². The molecule has 37 heavy (non-hydrogen) atoms. The number of anilines is 2. The number of amides is 1. The molecule has 5 fully saturated rings. The Hall–Kier alpha value is -3.16. The molecule has 1 amide bonds. The number of nitro groups is 1. The highest BCUT2D eigenvalue weighted by Gasteiger charge is 2.53. The highest BCUT2D eigenvalue weighted by molar-refractivity contribution is 5.94. The molecule has 2 aromatic rings. The number of carbonyl (C=O) groups excluding carboxylic acids is 1. The molecular weight excluding hydrogens is 471 g/mol. The zero-order valence-electron chi connectivity index (χ0n) is 21.4. The van der Waals surface area contributed by atoms with Crippen molar-refractivity contribution in [1.29, 1.82) is 0 Å². The van der Waals surface area contributed by atoms with Crippen molar-refractivity contribution in [1.82, 2.24) is 4.90 Å². The minimum absolute atomic E-state index is 0.102. The molecule has 7 nitrogen and oxygen atoms in total. The van der Waals surface area contributed by atoms with Gasteiger partial charge in [0.1, 0.15) is 11.5 Å². The van der Waals surface area contributed by atoms with Gasteiger partial charge in [0.2, 0.25) is 0 Å². The molecule has 1 aliphatic heterocycles. The van der Waals surface area contributed by atoms with Crippen LogP contribution >= 0.6 is 0 Å². The van der Waals surface area contributed by atoms with Crippen molar-refractivity contribution >= 4 is 23.0 Å². The average Bonchev–Trinajstić information content (AvgIpc) is 2.88. The van der Waals surface area contributed by atoms with Crippen molar-refractivity contribution in [3.8, 4) is 0 Å². The molecule has 4 aliphatic carbocycles. The smallest absolute Gasteiger partial charge is 0.292 e. The van der Waals surface area contributed by atoms with Gasteiger partial charge in [0.15, 0.2) is 0 Å². The number of nitrogens with zero attached hydrogens (tertiary/aromatic N) is 3. The molecule has 5 aliphatic rings. The van der Waals surface area contributed by atoms with E-state index in [1.54, 1.807) is 11.0 Å². The molecule has 1 N–H and O–H groups in total. The molecule has 7 rings (SSSR count). The van der Waals surface area contributed by atoms with Crippen LogP contribution in [0, 0.1) is 39.1 Å². The van der Waals surface area contributed by atoms with E-state index in [9.17, 15) is 19.3 Å². The second-order valence-corrected chi connectivity index (χ2v) is 11.9. The van der Waals surface area contributed by atoms with Crippen molar-refractivity contribution in [3.63, 3.8) is 0 Å². The maximum absolute atomic E-state index is 13.2. The number of hydrogen-bond acceptors (Lipinski definition) is 5. The van der Waals surface area contributed by atoms with Crippen LogP contribution in [0.5, 0.6) is 0 Å². The van der Waals surface area contributed by atoms with Crippen LogP contribution in [0.4, 0.5) is 21.5 Å². The summed E-state index contributed by atoms with van der Waals surface area (Å²) < 4.78 is 13.2. The molecule has 1 unspecified atom stereocenters. The third kappa shape index (κ3) is 4.55. The van der Waals surface area contributed by atoms with Gasteiger partial charge in [0.25, 0.3) is 11.6 Å². The van der Waals surface area contributed by atoms with Crippen LogP contribution in [-0.2, 0) is 0 Å². The molecule has 4 bridgehead atoms. The Morgan fingerprint density at radius 1 is 1.00 bits per heavy atom. The monoisotopic (exact) mass is 506 g/mol. The first kappa shape index (κ1) is 24.2. The quantitative estimate of drug-likeness (QED) is 0.401. The number of halogens is 1. The summed E-state index contributed by atoms with van der Waals surface area (Å²) in [6, 6.07) is 11.2. The van der Waals surface area contributed by atoms with Gasteiger partial charge in [-0.3, -0.25) is 14.9 Å². The zero-order chi connectivity index (χ0) is 25.7. The van der Waals surface area contributed by atoms with Gasteiger partial charge in [0.05, 0.1) is 4.92 Å². The fraction of sp³-hybridized carbons (Fsp3) is 0.552. The molecule has 8 heteroatoms. The summed E-state index contributed by atoms with van der Waals surface area (Å²) in [5.41, 5.74) is 2.36. The molecular formula is C29H35FN4O3. The van der Waals surface area contributed by atoms with Crippen molar-refractivity contribution < 1.29 is 14.1 Å². The van der Waals surface area contributed by atoms with Crippen LogP contribution in [0.25, 0.3) is 0 Å². The van der Waals surface area contributed by atoms with E-state index in [-0.39, 0.29) is 33.8 Å². The van der Waals surface area contributed by atoms with Gasteiger partial charge in [-0.2, -0.15) is 0 Å². The lowest BCUT2D eigenvalue weighted by molar-refractivity contribution is -0.384. The van der Waals surface area contributed by atoms with E-state index < -0.39 is 0 Å². The molecule has 1 heterocycles. The highest BCUT2D eigenvalue weighted by atomic mass is 19.1. The lowest BCUT2D eigenvalue weighted by Crippen LogP contribution is -2.53. The summed E-state index contributed by atoms with van der Waals surface area (Å²) in [5.74, 6) is 2.01. The van der Waals surface area contributed by atoms with Crippen LogP contribution in [0.3, 0.4) is 0 Å². The van der Waals surface area contributed by atoms with E-state index in [4.69, 9.17) is 0 Å². The summed E-state index contributed by atoms with van der Waals surface area (Å²) >= 11 is 0. The number of hydrogen-bond donors (Lipinski definition) is 1. The lowest BCUT2D eigenvalue weighted by atomic mass is 9.48. The molecule has 1 saturated heterocycles. The molecule has 196 valence electrons. The third-order valence-corrected chi connectivity index (χ3v) is 9.58. The van der Waals surface area contributed by atoms with Gasteiger partial charge in [-0.15, -0.1) is 0 Å². The van der Waals surface area contributed by atoms with Crippen LogP contribution in [0.2, 0.25) is 0 Å². The van der Waals surface area contributed by atoms with Crippen molar-refractivity contribution in [3.05, 3.63) is 64.0 Å². The van der Waals surface area contributed by atoms with Gasteiger partial charge in [-0.25, -0.2) is 4.39 Å². The maximum Gasteiger partial charge on any atom is 0.292 e. The zero-order valence-corrected chi connectivity index (χ0v) is 21.4. The predicted octanol–water partition coefficient (Wildman–Crippen LogP) is 5.71. The number of rotatable bonds is 6. The van der Waals surface area contributed by atoms with Crippen LogP contribution in [0.15, 0.2) is 42.5 Å². The Morgan fingerprint density at radius 2 is 1.59 bits per heavy atom. The number of benzene rings is 2. The largest absolute Gasteiger partial charge is 0.376 e. The molecule has 0 spiro atoms. The first-order chi connectivity index (χ1) is 17.8. The van der Waals surface area contributed by atoms with Gasteiger partial charge < -0.3 is 15.1 Å². The second-order valence-electron chi connectivity index (χ2n) is 11.9. The van der Waals surface area contributed by atoms with Crippen LogP contribution in [-0.4, -0.2) is 48.0 Å². The van der Waals surface area contributed by atoms with Crippen LogP contribution < -0.4 is 10.2 Å². The maximum atomic E-state index is 13.2. The molecule has 2 aromatic carbocycles. The number of piperazine rings is 1. The number of carbonyl (C=O) groups is 1. The lowest BCUT2D eigenvalue weighted by Gasteiger charge is -2.59. The van der Waals surface area contributed by atoms with Gasteiger partial charge in [-0.1, -0.05) is 0 Å². The van der Waals surface area contributed by atoms with E-state index >= 15 is 0 Å². The standard InChI is InChI=1S/C29H35FN4O3/c1-19(29-16-20-12-21(17-29)14-22(13-20)18-29)31-26-15-25(6-7-27(26)34(36)37)32-8-10-33(11-9-32)28(35)23-2-4-24(30)5-3-23/h2-7,15,19-22,31H,8-14,16-18H2,1H3. The normalized spacial score (nSPS) is 29.3. The van der Waals surface area contributed by atoms with Crippen molar-refractivity contribution in [2.24, 2.45) is 23.2 Å². The average molecular weight is 507 g/mol. The Morgan fingerprint density at radius 3 is 2.16 bits per heavy atom. The van der Waals surface area contributed by atoms with Crippen molar-refractivity contribution in [2.45, 2.75) is 51.5 Å². The first-order valence-electron chi connectivity index (χ1n) is 13.6. The molecule has 0 radical (unpaired) electrons. The van der Waals surface area contributed by atoms with Gasteiger partial charge in [0, 0.05) is 49.5 Å². The second kappa shape index (κ2) is 9.30. The molecule has 1 atom stereocenters. The molecule has 4 saturated carbocycles. The molecule has 0 aromatic heterocycles. The summed E-state index contributed by atoms with van der Waals surface area (Å²) in [7, 11) is 0. The Labute approximate surface area is 217 Å². The summed E-state index contributed by atoms with van der Waals surface area (Å²) in [6.07, 6.45) is 7.84. The Kier molecular flexibility index (Phi) is 6.08. The Balaban J connectivity index is 1.16. The van der Waals surface area contributed by atoms with E-state index in [1.165, 1.54) is 62.8 Å². The SMILES string of the molecule is CC(Nc1cc(N2CCN(C(=O)c3ccc(F)cc3)CC2)ccc1[N+](=O)[O-])C12CC3CC(CC(C3)C1)C2. The summed E-state index contributed by atoms with van der Waals surface area (Å²) in [4.78, 5) is 28.4. The fourth-order valence-electron chi connectivity index (χ4n) is 8.03. The summed E-state index contributed by atoms with van der Waals surface area (Å²) in [5, 5.41) is 15.5. The first-order valence-corrected chi connectivity index (χ1v) is 13.6. The summed E-state index contributed by atoms with van der Waals surface area (Å²) in [6.45, 7) is 4.58. The fourth-order valence-corrected chi connectivity index (χ4v) is 8.03. The Bertz CT molecular complexity index is 1160.